The maximum atomic E-state index is 11.5. The number of aromatic nitrogens is 1. The average Bonchev–Trinajstić information content (AvgIpc) is 3.14. The number of carboxylic acid groups (broad SMARTS) is 1. The van der Waals surface area contributed by atoms with E-state index in [2.05, 4.69) is 16.4 Å². The molecule has 1 aromatic heterocycles. The van der Waals surface area contributed by atoms with Crippen molar-refractivity contribution in [1.29, 1.82) is 0 Å². The summed E-state index contributed by atoms with van der Waals surface area (Å²) in [6.45, 7) is 0.520. The van der Waals surface area contributed by atoms with Gasteiger partial charge in [-0.25, -0.2) is 0 Å². The first-order valence-electron chi connectivity index (χ1n) is 7.90. The van der Waals surface area contributed by atoms with Crippen LogP contribution < -0.4 is 11.1 Å². The van der Waals surface area contributed by atoms with Crippen LogP contribution in [0.5, 0.6) is 0 Å². The third kappa shape index (κ3) is 2.87. The highest BCUT2D eigenvalue weighted by molar-refractivity contribution is 5.83. The van der Waals surface area contributed by atoms with E-state index >= 15 is 0 Å². The summed E-state index contributed by atoms with van der Waals surface area (Å²) in [6, 6.07) is 8.04. The van der Waals surface area contributed by atoms with Crippen molar-refractivity contribution in [3.8, 4) is 0 Å². The Morgan fingerprint density at radius 1 is 1.36 bits per heavy atom. The summed E-state index contributed by atoms with van der Waals surface area (Å²) in [7, 11) is 0. The monoisotopic (exact) mass is 301 g/mol. The van der Waals surface area contributed by atoms with E-state index < -0.39 is 11.5 Å². The number of H-pyrrole nitrogens is 1. The van der Waals surface area contributed by atoms with Crippen LogP contribution in [0.3, 0.4) is 0 Å². The molecule has 118 valence electrons. The Morgan fingerprint density at radius 2 is 2.09 bits per heavy atom. The Bertz CT molecular complexity index is 659. The molecule has 0 spiro atoms. The highest BCUT2D eigenvalue weighted by atomic mass is 16.4. The highest BCUT2D eigenvalue weighted by Crippen LogP contribution is 2.30. The number of para-hydroxylation sites is 1. The summed E-state index contributed by atoms with van der Waals surface area (Å²) >= 11 is 0. The summed E-state index contributed by atoms with van der Waals surface area (Å²) in [6.07, 6.45) is 6.05. The second kappa shape index (κ2) is 6.10. The molecule has 0 radical (unpaired) electrons. The van der Waals surface area contributed by atoms with E-state index in [-0.39, 0.29) is 6.04 Å². The number of carboxylic acids is 1. The number of benzene rings is 1. The van der Waals surface area contributed by atoms with Gasteiger partial charge in [-0.05, 0) is 30.9 Å². The standard InChI is InChI=1S/C17H23N3O2/c18-13(11-20-17(16(21)22)7-3-4-8-17)9-12-10-19-15-6-2-1-5-14(12)15/h1-2,5-6,10,13,19-20H,3-4,7-9,11,18H2,(H,21,22). The number of fused-ring (bicyclic) bond motifs is 1. The molecule has 1 aliphatic rings. The molecule has 0 aliphatic heterocycles. The SMILES string of the molecule is NC(CNC1(C(=O)O)CCCC1)Cc1c[nH]c2ccccc12. The van der Waals surface area contributed by atoms with Crippen molar-refractivity contribution >= 4 is 16.9 Å². The van der Waals surface area contributed by atoms with E-state index in [1.807, 2.05) is 24.4 Å². The first kappa shape index (κ1) is 15.1. The van der Waals surface area contributed by atoms with Crippen molar-refractivity contribution in [2.75, 3.05) is 6.54 Å². The lowest BCUT2D eigenvalue weighted by atomic mass is 9.96. The second-order valence-electron chi connectivity index (χ2n) is 6.30. The Labute approximate surface area is 129 Å². The van der Waals surface area contributed by atoms with Gasteiger partial charge in [-0.15, -0.1) is 0 Å². The van der Waals surface area contributed by atoms with Crippen LogP contribution in [-0.4, -0.2) is 34.2 Å². The van der Waals surface area contributed by atoms with E-state index in [9.17, 15) is 9.90 Å². The van der Waals surface area contributed by atoms with E-state index in [0.29, 0.717) is 19.4 Å². The Hall–Kier alpha value is -1.85. The van der Waals surface area contributed by atoms with Crippen molar-refractivity contribution in [2.45, 2.75) is 43.7 Å². The molecule has 0 amide bonds. The molecule has 1 saturated carbocycles. The van der Waals surface area contributed by atoms with Gasteiger partial charge in [0.05, 0.1) is 0 Å². The maximum Gasteiger partial charge on any atom is 0.323 e. The number of rotatable bonds is 6. The lowest BCUT2D eigenvalue weighted by molar-refractivity contribution is -0.144. The molecular formula is C17H23N3O2. The zero-order chi connectivity index (χ0) is 15.6. The second-order valence-corrected chi connectivity index (χ2v) is 6.30. The molecule has 1 fully saturated rings. The molecule has 3 rings (SSSR count). The molecule has 1 unspecified atom stereocenters. The van der Waals surface area contributed by atoms with Crippen LogP contribution in [-0.2, 0) is 11.2 Å². The summed E-state index contributed by atoms with van der Waals surface area (Å²) in [4.78, 5) is 14.8. The zero-order valence-electron chi connectivity index (χ0n) is 12.6. The predicted octanol–water partition coefficient (Wildman–Crippen LogP) is 2.02. The van der Waals surface area contributed by atoms with Crippen LogP contribution in [0.15, 0.2) is 30.5 Å². The minimum atomic E-state index is -0.766. The Kier molecular flexibility index (Phi) is 4.18. The summed E-state index contributed by atoms with van der Waals surface area (Å²) in [5.74, 6) is -0.746. The fourth-order valence-electron chi connectivity index (χ4n) is 3.43. The first-order chi connectivity index (χ1) is 10.6. The van der Waals surface area contributed by atoms with Crippen molar-refractivity contribution < 1.29 is 9.90 Å². The van der Waals surface area contributed by atoms with E-state index in [1.165, 1.54) is 10.9 Å². The van der Waals surface area contributed by atoms with Crippen LogP contribution in [0.4, 0.5) is 0 Å². The predicted molar refractivity (Wildman–Crippen MR) is 86.8 cm³/mol. The summed E-state index contributed by atoms with van der Waals surface area (Å²) in [5, 5.41) is 13.9. The normalized spacial score (nSPS) is 18.6. The Morgan fingerprint density at radius 3 is 2.82 bits per heavy atom. The van der Waals surface area contributed by atoms with Crippen molar-refractivity contribution in [3.05, 3.63) is 36.0 Å². The third-order valence-corrected chi connectivity index (χ3v) is 4.73. The number of carbonyl (C=O) groups is 1. The smallest absolute Gasteiger partial charge is 0.323 e. The van der Waals surface area contributed by atoms with E-state index in [0.717, 1.165) is 24.8 Å². The largest absolute Gasteiger partial charge is 0.480 e. The third-order valence-electron chi connectivity index (χ3n) is 4.73. The van der Waals surface area contributed by atoms with Crippen LogP contribution >= 0.6 is 0 Å². The highest BCUT2D eigenvalue weighted by Gasteiger charge is 2.40. The lowest BCUT2D eigenvalue weighted by Gasteiger charge is -2.27. The molecule has 1 aliphatic carbocycles. The summed E-state index contributed by atoms with van der Waals surface area (Å²) in [5.41, 5.74) is 7.75. The molecule has 5 N–H and O–H groups in total. The van der Waals surface area contributed by atoms with Crippen molar-refractivity contribution in [2.24, 2.45) is 5.73 Å². The first-order valence-corrected chi connectivity index (χ1v) is 7.90. The number of nitrogens with one attached hydrogen (secondary N) is 2. The molecule has 0 saturated heterocycles. The van der Waals surface area contributed by atoms with Gasteiger partial charge in [-0.1, -0.05) is 31.0 Å². The van der Waals surface area contributed by atoms with Crippen molar-refractivity contribution in [3.63, 3.8) is 0 Å². The molecule has 2 aromatic rings. The number of hydrogen-bond acceptors (Lipinski definition) is 3. The molecule has 0 bridgehead atoms. The van der Waals surface area contributed by atoms with Gasteiger partial charge in [0.15, 0.2) is 0 Å². The molecule has 1 heterocycles. The molecule has 1 atom stereocenters. The van der Waals surface area contributed by atoms with Gasteiger partial charge in [-0.2, -0.15) is 0 Å². The zero-order valence-corrected chi connectivity index (χ0v) is 12.6. The van der Waals surface area contributed by atoms with E-state index in [1.54, 1.807) is 0 Å². The number of aromatic amines is 1. The van der Waals surface area contributed by atoms with Crippen LogP contribution in [0.2, 0.25) is 0 Å². The minimum absolute atomic E-state index is 0.101. The fraction of sp³-hybridized carbons (Fsp3) is 0.471. The van der Waals surface area contributed by atoms with Crippen molar-refractivity contribution in [1.82, 2.24) is 10.3 Å². The van der Waals surface area contributed by atoms with Crippen LogP contribution in [0.25, 0.3) is 10.9 Å². The molecule has 5 nitrogen and oxygen atoms in total. The number of aliphatic carboxylic acids is 1. The van der Waals surface area contributed by atoms with Gasteiger partial charge in [0.2, 0.25) is 0 Å². The fourth-order valence-corrected chi connectivity index (χ4v) is 3.43. The van der Waals surface area contributed by atoms with E-state index in [4.69, 9.17) is 5.73 Å². The van der Waals surface area contributed by atoms with Crippen LogP contribution in [0, 0.1) is 0 Å². The topological polar surface area (TPSA) is 91.1 Å². The molecule has 22 heavy (non-hydrogen) atoms. The number of hydrogen-bond donors (Lipinski definition) is 4. The maximum absolute atomic E-state index is 11.5. The van der Waals surface area contributed by atoms with Gasteiger partial charge in [0.1, 0.15) is 5.54 Å². The number of nitrogens with two attached hydrogens (primary N) is 1. The van der Waals surface area contributed by atoms with Gasteiger partial charge in [0.25, 0.3) is 0 Å². The molecule has 1 aromatic carbocycles. The molecular weight excluding hydrogens is 278 g/mol. The van der Waals surface area contributed by atoms with Crippen LogP contribution in [0.1, 0.15) is 31.2 Å². The Balaban J connectivity index is 1.63. The quantitative estimate of drug-likeness (QED) is 0.657. The van der Waals surface area contributed by atoms with Gasteiger partial charge < -0.3 is 21.1 Å². The lowest BCUT2D eigenvalue weighted by Crippen LogP contribution is -2.53. The van der Waals surface area contributed by atoms with Gasteiger partial charge in [0, 0.05) is 29.7 Å². The van der Waals surface area contributed by atoms with Gasteiger partial charge >= 0.3 is 5.97 Å². The minimum Gasteiger partial charge on any atom is -0.480 e. The van der Waals surface area contributed by atoms with Gasteiger partial charge in [-0.3, -0.25) is 4.79 Å². The average molecular weight is 301 g/mol. The molecule has 5 heteroatoms. The summed E-state index contributed by atoms with van der Waals surface area (Å²) < 4.78 is 0.